The number of H-pyrrole nitrogens is 1. The largest absolute Gasteiger partial charge is 0.497 e. The fraction of sp³-hybridized carbons (Fsp3) is 0.261. The summed E-state index contributed by atoms with van der Waals surface area (Å²) < 4.78 is 5.39. The molecule has 1 aliphatic rings. The van der Waals surface area contributed by atoms with E-state index in [1.165, 1.54) is 0 Å². The molecule has 29 heavy (non-hydrogen) atoms. The van der Waals surface area contributed by atoms with Crippen molar-refractivity contribution < 1.29 is 4.74 Å². The van der Waals surface area contributed by atoms with Gasteiger partial charge in [0.1, 0.15) is 11.5 Å². The molecule has 1 N–H and O–H groups in total. The van der Waals surface area contributed by atoms with Crippen LogP contribution in [0.25, 0.3) is 16.1 Å². The van der Waals surface area contributed by atoms with E-state index in [0.717, 1.165) is 46.7 Å². The quantitative estimate of drug-likeness (QED) is 0.526. The Kier molecular flexibility index (Phi) is 5.37. The SMILES string of the molecule is [C-]#[N+]C1C(CCC)=Nc2n[nH]c(-c3cccc(OC)c3)c2C1c1ccccc1Cl. The third-order valence-electron chi connectivity index (χ3n) is 5.25. The number of aromatic nitrogens is 2. The number of nitrogens with one attached hydrogen (secondary N) is 1. The minimum absolute atomic E-state index is 0.241. The van der Waals surface area contributed by atoms with Crippen molar-refractivity contribution in [3.63, 3.8) is 0 Å². The summed E-state index contributed by atoms with van der Waals surface area (Å²) >= 11 is 6.59. The Hall–Kier alpha value is -3.10. The average Bonchev–Trinajstić information content (AvgIpc) is 3.17. The average molecular weight is 405 g/mol. The Balaban J connectivity index is 1.96. The lowest BCUT2D eigenvalue weighted by atomic mass is 9.79. The summed E-state index contributed by atoms with van der Waals surface area (Å²) in [7, 11) is 1.64. The molecule has 3 aromatic rings. The lowest BCUT2D eigenvalue weighted by molar-refractivity contribution is 0.415. The molecule has 5 nitrogen and oxygen atoms in total. The number of rotatable bonds is 5. The summed E-state index contributed by atoms with van der Waals surface area (Å²) in [6, 6.07) is 15.1. The third-order valence-corrected chi connectivity index (χ3v) is 5.59. The van der Waals surface area contributed by atoms with Crippen molar-refractivity contribution in [3.8, 4) is 17.0 Å². The zero-order valence-electron chi connectivity index (χ0n) is 16.3. The molecule has 2 unspecified atom stereocenters. The van der Waals surface area contributed by atoms with Crippen LogP contribution in [0.5, 0.6) is 5.75 Å². The van der Waals surface area contributed by atoms with E-state index < -0.39 is 6.04 Å². The highest BCUT2D eigenvalue weighted by Crippen LogP contribution is 2.46. The van der Waals surface area contributed by atoms with Crippen molar-refractivity contribution >= 4 is 23.1 Å². The van der Waals surface area contributed by atoms with Crippen molar-refractivity contribution in [3.05, 3.63) is 76.1 Å². The second-order valence-corrected chi connectivity index (χ2v) is 7.40. The van der Waals surface area contributed by atoms with E-state index >= 15 is 0 Å². The second kappa shape index (κ2) is 8.10. The molecule has 0 saturated heterocycles. The van der Waals surface area contributed by atoms with Gasteiger partial charge < -0.3 is 9.58 Å². The first-order chi connectivity index (χ1) is 14.2. The van der Waals surface area contributed by atoms with Crippen LogP contribution in [0.1, 0.15) is 36.8 Å². The van der Waals surface area contributed by atoms with Crippen LogP contribution in [0.3, 0.4) is 0 Å². The maximum Gasteiger partial charge on any atom is 0.272 e. The van der Waals surface area contributed by atoms with Crippen LogP contribution < -0.4 is 4.74 Å². The number of hydrogen-bond donors (Lipinski definition) is 1. The summed E-state index contributed by atoms with van der Waals surface area (Å²) in [6.45, 7) is 10.0. The van der Waals surface area contributed by atoms with E-state index in [1.807, 2.05) is 48.5 Å². The zero-order chi connectivity index (χ0) is 20.4. The first-order valence-corrected chi connectivity index (χ1v) is 9.96. The van der Waals surface area contributed by atoms with Crippen LogP contribution in [-0.2, 0) is 0 Å². The van der Waals surface area contributed by atoms with E-state index in [1.54, 1.807) is 7.11 Å². The Morgan fingerprint density at radius 1 is 1.21 bits per heavy atom. The molecule has 2 aromatic carbocycles. The number of hydrogen-bond acceptors (Lipinski definition) is 3. The zero-order valence-corrected chi connectivity index (χ0v) is 17.1. The van der Waals surface area contributed by atoms with Crippen LogP contribution in [0.4, 0.5) is 5.82 Å². The Bertz CT molecular complexity index is 1110. The standard InChI is InChI=1S/C23H21ClN4O/c1-4-8-18-22(25-2)19(16-11-5-6-12-17(16)24)20-21(27-28-23(20)26-18)14-9-7-10-15(13-14)29-3/h5-7,9-13,19,22H,4,8H2,1,3H3,(H,27,28). The van der Waals surface area contributed by atoms with E-state index in [9.17, 15) is 0 Å². The summed E-state index contributed by atoms with van der Waals surface area (Å²) in [5.41, 5.74) is 4.48. The molecule has 0 saturated carbocycles. The Morgan fingerprint density at radius 2 is 2.03 bits per heavy atom. The molecule has 2 atom stereocenters. The fourth-order valence-corrected chi connectivity index (χ4v) is 4.19. The maximum absolute atomic E-state index is 7.94. The summed E-state index contributed by atoms with van der Waals surface area (Å²) in [4.78, 5) is 8.76. The van der Waals surface area contributed by atoms with Gasteiger partial charge in [-0.1, -0.05) is 55.3 Å². The van der Waals surface area contributed by atoms with Gasteiger partial charge in [0.05, 0.1) is 18.7 Å². The first-order valence-electron chi connectivity index (χ1n) is 9.59. The predicted octanol–water partition coefficient (Wildman–Crippen LogP) is 6.04. The van der Waals surface area contributed by atoms with Crippen molar-refractivity contribution in [2.24, 2.45) is 4.99 Å². The van der Waals surface area contributed by atoms with Crippen LogP contribution >= 0.6 is 11.6 Å². The van der Waals surface area contributed by atoms with Gasteiger partial charge in [-0.25, -0.2) is 11.6 Å². The minimum Gasteiger partial charge on any atom is -0.497 e. The lowest BCUT2D eigenvalue weighted by Gasteiger charge is -2.25. The number of benzene rings is 2. The molecular formula is C23H21ClN4O. The number of fused-ring (bicyclic) bond motifs is 1. The number of methoxy groups -OCH3 is 1. The molecule has 0 amide bonds. The van der Waals surface area contributed by atoms with Gasteiger partial charge in [0, 0.05) is 16.1 Å². The van der Waals surface area contributed by atoms with Crippen LogP contribution in [0, 0.1) is 6.57 Å². The molecule has 4 rings (SSSR count). The first kappa shape index (κ1) is 19.2. The summed E-state index contributed by atoms with van der Waals surface area (Å²) in [5, 5.41) is 8.29. The minimum atomic E-state index is -0.413. The molecule has 1 aliphatic heterocycles. The Morgan fingerprint density at radius 3 is 2.76 bits per heavy atom. The molecule has 0 aliphatic carbocycles. The monoisotopic (exact) mass is 404 g/mol. The lowest BCUT2D eigenvalue weighted by Crippen LogP contribution is -2.29. The smallest absolute Gasteiger partial charge is 0.272 e. The van der Waals surface area contributed by atoms with Gasteiger partial charge in [-0.05, 0) is 30.2 Å². The van der Waals surface area contributed by atoms with Gasteiger partial charge in [-0.2, -0.15) is 5.10 Å². The number of halogens is 1. The molecule has 0 bridgehead atoms. The Labute approximate surface area is 175 Å². The molecule has 0 radical (unpaired) electrons. The van der Waals surface area contributed by atoms with Gasteiger partial charge in [-0.15, -0.1) is 0 Å². The van der Waals surface area contributed by atoms with E-state index in [4.69, 9.17) is 27.9 Å². The number of aromatic amines is 1. The predicted molar refractivity (Wildman–Crippen MR) is 116 cm³/mol. The van der Waals surface area contributed by atoms with Crippen molar-refractivity contribution in [2.75, 3.05) is 7.11 Å². The molecular weight excluding hydrogens is 384 g/mol. The third kappa shape index (κ3) is 3.41. The molecule has 1 aromatic heterocycles. The molecule has 6 heteroatoms. The fourth-order valence-electron chi connectivity index (χ4n) is 3.93. The number of nitrogens with zero attached hydrogens (tertiary/aromatic N) is 3. The van der Waals surface area contributed by atoms with E-state index in [0.29, 0.717) is 10.8 Å². The maximum atomic E-state index is 7.94. The van der Waals surface area contributed by atoms with Crippen molar-refractivity contribution in [1.29, 1.82) is 0 Å². The van der Waals surface area contributed by atoms with E-state index in [2.05, 4.69) is 22.0 Å². The highest BCUT2D eigenvalue weighted by Gasteiger charge is 2.42. The normalized spacial score (nSPS) is 17.9. The topological polar surface area (TPSA) is 54.6 Å². The van der Waals surface area contributed by atoms with Gasteiger partial charge in [-0.3, -0.25) is 5.10 Å². The second-order valence-electron chi connectivity index (χ2n) is 6.99. The van der Waals surface area contributed by atoms with Gasteiger partial charge >= 0.3 is 0 Å². The number of aliphatic imine (C=N–C) groups is 1. The van der Waals surface area contributed by atoms with E-state index in [-0.39, 0.29) is 5.92 Å². The van der Waals surface area contributed by atoms with Crippen LogP contribution in [0.2, 0.25) is 5.02 Å². The van der Waals surface area contributed by atoms with Crippen molar-refractivity contribution in [2.45, 2.75) is 31.7 Å². The summed E-state index contributed by atoms with van der Waals surface area (Å²) in [5.74, 6) is 1.15. The molecule has 146 valence electrons. The molecule has 0 fully saturated rings. The van der Waals surface area contributed by atoms with Crippen LogP contribution in [-0.4, -0.2) is 29.1 Å². The summed E-state index contributed by atoms with van der Waals surface area (Å²) in [6.07, 6.45) is 1.68. The van der Waals surface area contributed by atoms with Gasteiger partial charge in [0.25, 0.3) is 6.04 Å². The highest BCUT2D eigenvalue weighted by atomic mass is 35.5. The highest BCUT2D eigenvalue weighted by molar-refractivity contribution is 6.31. The molecule has 0 spiro atoms. The van der Waals surface area contributed by atoms with Crippen molar-refractivity contribution in [1.82, 2.24) is 10.2 Å². The van der Waals surface area contributed by atoms with Gasteiger partial charge in [0.2, 0.25) is 0 Å². The van der Waals surface area contributed by atoms with Crippen LogP contribution in [0.15, 0.2) is 53.5 Å². The van der Waals surface area contributed by atoms with Gasteiger partial charge in [0.15, 0.2) is 5.82 Å². The molecule has 2 heterocycles. The number of ether oxygens (including phenoxy) is 1.